The maximum atomic E-state index is 14.4. The molecule has 0 bridgehead atoms. The van der Waals surface area contributed by atoms with E-state index in [2.05, 4.69) is 0 Å². The van der Waals surface area contributed by atoms with Crippen LogP contribution in [0.4, 0.5) is 15.8 Å². The van der Waals surface area contributed by atoms with Crippen LogP contribution in [0.5, 0.6) is 11.5 Å². The van der Waals surface area contributed by atoms with E-state index in [1.165, 1.54) is 36.3 Å². The van der Waals surface area contributed by atoms with Gasteiger partial charge in [0.05, 0.1) is 30.3 Å². The molecule has 236 valence electrons. The van der Waals surface area contributed by atoms with Crippen LogP contribution in [0.3, 0.4) is 0 Å². The smallest absolute Gasteiger partial charge is 0.258 e. The van der Waals surface area contributed by atoms with E-state index in [0.717, 1.165) is 29.0 Å². The number of aryl methyl sites for hydroxylation is 1. The molecular weight excluding hydrogens is 634 g/mol. The summed E-state index contributed by atoms with van der Waals surface area (Å²) in [5.41, 5.74) is 2.56. The van der Waals surface area contributed by atoms with E-state index in [9.17, 15) is 28.7 Å². The number of aromatic hydroxyl groups is 1. The Bertz CT molecular complexity index is 1850. The van der Waals surface area contributed by atoms with Crippen LogP contribution < -0.4 is 14.5 Å². The lowest BCUT2D eigenvalue weighted by Gasteiger charge is -2.50. The van der Waals surface area contributed by atoms with E-state index in [0.29, 0.717) is 16.8 Å². The zero-order valence-corrected chi connectivity index (χ0v) is 26.4. The van der Waals surface area contributed by atoms with Gasteiger partial charge >= 0.3 is 0 Å². The highest BCUT2D eigenvalue weighted by atomic mass is 35.5. The third-order valence-electron chi connectivity index (χ3n) is 10.0. The molecule has 0 spiro atoms. The molecule has 2 aliphatic heterocycles. The average molecular weight is 664 g/mol. The normalized spacial score (nSPS) is 30.2. The standard InChI is InChI=1S/C35H29Cl2FN2O6/c1-3-18-4-9-21(10-5-18)39-30(42)24-14-13-23-25(28(24)31(39)43)17-34(36)32(44)40(22-11-7-20(38)8-12-22)33(45)35(34,37)29(23)19-6-15-27(46-2)26(41)16-19/h4-13,15-16,24-25,28-29,41H,3,14,17H2,1-2H3. The number of hydrogen-bond acceptors (Lipinski definition) is 6. The van der Waals surface area contributed by atoms with E-state index in [1.54, 1.807) is 18.2 Å². The van der Waals surface area contributed by atoms with E-state index in [4.69, 9.17) is 27.9 Å². The third kappa shape index (κ3) is 4.04. The van der Waals surface area contributed by atoms with Crippen LogP contribution >= 0.6 is 23.2 Å². The van der Waals surface area contributed by atoms with Crippen molar-refractivity contribution in [3.05, 3.63) is 95.3 Å². The van der Waals surface area contributed by atoms with Crippen LogP contribution in [0.15, 0.2) is 78.4 Å². The summed E-state index contributed by atoms with van der Waals surface area (Å²) in [5, 5.41) is 10.8. The molecule has 6 unspecified atom stereocenters. The highest BCUT2D eigenvalue weighted by molar-refractivity contribution is 6.58. The number of halogens is 3. The zero-order chi connectivity index (χ0) is 32.7. The average Bonchev–Trinajstić information content (AvgIpc) is 3.39. The number of benzene rings is 3. The van der Waals surface area contributed by atoms with Crippen molar-refractivity contribution in [2.45, 2.75) is 41.9 Å². The van der Waals surface area contributed by atoms with Crippen molar-refractivity contribution in [3.63, 3.8) is 0 Å². The molecule has 3 fully saturated rings. The van der Waals surface area contributed by atoms with Gasteiger partial charge in [0.15, 0.2) is 21.2 Å². The van der Waals surface area contributed by atoms with Crippen LogP contribution in [-0.4, -0.2) is 45.6 Å². The summed E-state index contributed by atoms with van der Waals surface area (Å²) in [6.07, 6.45) is 2.62. The largest absolute Gasteiger partial charge is 0.504 e. The molecule has 2 heterocycles. The molecule has 1 N–H and O–H groups in total. The van der Waals surface area contributed by atoms with Crippen LogP contribution in [0.1, 0.15) is 36.8 Å². The molecule has 6 atom stereocenters. The molecule has 2 saturated heterocycles. The predicted octanol–water partition coefficient (Wildman–Crippen LogP) is 5.87. The summed E-state index contributed by atoms with van der Waals surface area (Å²) in [6, 6.07) is 16.6. The lowest BCUT2D eigenvalue weighted by molar-refractivity contribution is -0.125. The van der Waals surface area contributed by atoms with Gasteiger partial charge in [0.1, 0.15) is 5.82 Å². The summed E-state index contributed by atoms with van der Waals surface area (Å²) in [4.78, 5) is 54.7. The van der Waals surface area contributed by atoms with E-state index in [1.807, 2.05) is 25.1 Å². The Labute approximate surface area is 274 Å². The minimum atomic E-state index is -2.10. The van der Waals surface area contributed by atoms with Crippen LogP contribution in [0, 0.1) is 23.6 Å². The summed E-state index contributed by atoms with van der Waals surface area (Å²) < 4.78 is 19.1. The van der Waals surface area contributed by atoms with Gasteiger partial charge in [0.2, 0.25) is 11.8 Å². The minimum Gasteiger partial charge on any atom is -0.504 e. The Balaban J connectivity index is 1.38. The Hall–Kier alpha value is -4.21. The van der Waals surface area contributed by atoms with Crippen molar-refractivity contribution in [1.29, 1.82) is 0 Å². The molecule has 46 heavy (non-hydrogen) atoms. The second kappa shape index (κ2) is 10.7. The van der Waals surface area contributed by atoms with E-state index in [-0.39, 0.29) is 35.9 Å². The van der Waals surface area contributed by atoms with Crippen LogP contribution in [-0.2, 0) is 25.6 Å². The van der Waals surface area contributed by atoms with Gasteiger partial charge in [0.25, 0.3) is 11.8 Å². The number of hydrogen-bond donors (Lipinski definition) is 1. The number of methoxy groups -OCH3 is 1. The van der Waals surface area contributed by atoms with E-state index >= 15 is 0 Å². The highest BCUT2D eigenvalue weighted by Gasteiger charge is 2.76. The zero-order valence-electron chi connectivity index (χ0n) is 24.9. The third-order valence-corrected chi connectivity index (χ3v) is 11.4. The molecule has 3 aromatic carbocycles. The van der Waals surface area contributed by atoms with Gasteiger partial charge in [0, 0.05) is 5.92 Å². The molecule has 3 aromatic rings. The van der Waals surface area contributed by atoms with Gasteiger partial charge < -0.3 is 9.84 Å². The number of imide groups is 2. The Morgan fingerprint density at radius 3 is 2.17 bits per heavy atom. The number of carbonyl (C=O) groups excluding carboxylic acids is 4. The number of alkyl halides is 2. The summed E-state index contributed by atoms with van der Waals surface area (Å²) in [7, 11) is 1.39. The number of rotatable bonds is 5. The van der Waals surface area contributed by atoms with Crippen molar-refractivity contribution in [2.24, 2.45) is 17.8 Å². The fourth-order valence-electron chi connectivity index (χ4n) is 7.79. The molecule has 4 aliphatic rings. The molecular formula is C35H29Cl2FN2O6. The number of fused-ring (bicyclic) bond motifs is 4. The molecule has 2 aliphatic carbocycles. The molecule has 0 radical (unpaired) electrons. The topological polar surface area (TPSA) is 104 Å². The SMILES string of the molecule is CCc1ccc(N2C(=O)C3CC=C4C(CC5(Cl)C(=O)N(c6ccc(F)cc6)C(=O)C5(Cl)C4c4ccc(OC)c(O)c4)C3C2=O)cc1. The molecule has 4 amide bonds. The fourth-order valence-corrected chi connectivity index (χ4v) is 8.73. The van der Waals surface area contributed by atoms with Gasteiger partial charge in [-0.3, -0.25) is 24.1 Å². The maximum absolute atomic E-state index is 14.4. The summed E-state index contributed by atoms with van der Waals surface area (Å²) in [5.74, 6) is -6.38. The Kier molecular flexibility index (Phi) is 7.06. The summed E-state index contributed by atoms with van der Waals surface area (Å²) >= 11 is 14.7. The van der Waals surface area contributed by atoms with Crippen molar-refractivity contribution >= 4 is 58.2 Å². The van der Waals surface area contributed by atoms with Crippen LogP contribution in [0.2, 0.25) is 0 Å². The van der Waals surface area contributed by atoms with Crippen LogP contribution in [0.25, 0.3) is 0 Å². The predicted molar refractivity (Wildman–Crippen MR) is 170 cm³/mol. The molecule has 1 saturated carbocycles. The lowest BCUT2D eigenvalue weighted by atomic mass is 9.56. The Morgan fingerprint density at radius 2 is 1.54 bits per heavy atom. The number of carbonyl (C=O) groups is 4. The number of anilines is 2. The maximum Gasteiger partial charge on any atom is 0.258 e. The van der Waals surface area contributed by atoms with Crippen molar-refractivity contribution in [1.82, 2.24) is 0 Å². The quantitative estimate of drug-likeness (QED) is 0.208. The van der Waals surface area contributed by atoms with Gasteiger partial charge in [-0.1, -0.05) is 36.8 Å². The number of phenolic OH excluding ortho intramolecular Hbond substituents is 1. The first-order valence-electron chi connectivity index (χ1n) is 15.0. The van der Waals surface area contributed by atoms with Crippen molar-refractivity contribution < 1.29 is 33.4 Å². The lowest BCUT2D eigenvalue weighted by Crippen LogP contribution is -2.60. The first-order chi connectivity index (χ1) is 22.0. The number of ether oxygens (including phenoxy) is 1. The number of phenols is 1. The molecule has 11 heteroatoms. The minimum absolute atomic E-state index is 0.0887. The Morgan fingerprint density at radius 1 is 0.891 bits per heavy atom. The number of allylic oxidation sites excluding steroid dienone is 2. The van der Waals surface area contributed by atoms with E-state index < -0.39 is 57.0 Å². The van der Waals surface area contributed by atoms with Gasteiger partial charge in [-0.2, -0.15) is 0 Å². The molecule has 7 rings (SSSR count). The first kappa shape index (κ1) is 30.4. The number of nitrogens with zero attached hydrogens (tertiary/aromatic N) is 2. The van der Waals surface area contributed by atoms with Gasteiger partial charge in [-0.05, 0) is 84.8 Å². The summed E-state index contributed by atoms with van der Waals surface area (Å²) in [6.45, 7) is 2.01. The van der Waals surface area contributed by atoms with Crippen molar-refractivity contribution in [3.8, 4) is 11.5 Å². The first-order valence-corrected chi connectivity index (χ1v) is 15.8. The molecule has 8 nitrogen and oxygen atoms in total. The van der Waals surface area contributed by atoms with Gasteiger partial charge in [-0.15, -0.1) is 23.2 Å². The fraction of sp³-hybridized carbons (Fsp3) is 0.314. The number of amides is 4. The highest BCUT2D eigenvalue weighted by Crippen LogP contribution is 2.66. The second-order valence-electron chi connectivity index (χ2n) is 12.2. The van der Waals surface area contributed by atoms with Gasteiger partial charge in [-0.25, -0.2) is 9.29 Å². The molecule has 0 aromatic heterocycles. The van der Waals surface area contributed by atoms with Crippen molar-refractivity contribution in [2.75, 3.05) is 16.9 Å². The second-order valence-corrected chi connectivity index (χ2v) is 13.5. The monoisotopic (exact) mass is 662 g/mol.